The second-order valence-electron chi connectivity index (χ2n) is 3.65. The first kappa shape index (κ1) is 10.4. The van der Waals surface area contributed by atoms with Crippen molar-refractivity contribution in [2.24, 2.45) is 0 Å². The molecule has 4 nitrogen and oxygen atoms in total. The molecule has 0 aromatic heterocycles. The smallest absolute Gasteiger partial charge is 0.0534 e. The number of aryl methyl sites for hydroxylation is 1. The standard InChI is InChI=1S/C10H14N2O2S/c1-7-4-5-9-8(3-2-6-11-9)10(7)12-15(13)14/h4-5,11-12H,2-3,6H2,1H3,(H,13,14)/p-1. The largest absolute Gasteiger partial charge is 0.755 e. The van der Waals surface area contributed by atoms with Gasteiger partial charge in [0, 0.05) is 23.5 Å². The first-order valence-corrected chi connectivity index (χ1v) is 5.98. The highest BCUT2D eigenvalue weighted by Gasteiger charge is 2.14. The molecule has 0 radical (unpaired) electrons. The molecule has 82 valence electrons. The normalized spacial score (nSPS) is 16.4. The van der Waals surface area contributed by atoms with Crippen LogP contribution in [0.1, 0.15) is 17.5 Å². The van der Waals surface area contributed by atoms with Gasteiger partial charge in [0.1, 0.15) is 0 Å². The first-order valence-electron chi connectivity index (χ1n) is 4.91. The molecular formula is C10H13N2O2S-. The lowest BCUT2D eigenvalue weighted by Crippen LogP contribution is -2.15. The molecule has 0 bridgehead atoms. The minimum absolute atomic E-state index is 0.730. The van der Waals surface area contributed by atoms with E-state index < -0.39 is 11.3 Å². The van der Waals surface area contributed by atoms with Gasteiger partial charge in [-0.15, -0.1) is 0 Å². The van der Waals surface area contributed by atoms with E-state index in [0.717, 1.165) is 41.9 Å². The molecule has 0 spiro atoms. The van der Waals surface area contributed by atoms with Gasteiger partial charge in [-0.05, 0) is 37.0 Å². The van der Waals surface area contributed by atoms with Gasteiger partial charge in [-0.1, -0.05) is 6.07 Å². The molecule has 1 unspecified atom stereocenters. The van der Waals surface area contributed by atoms with E-state index in [-0.39, 0.29) is 0 Å². The number of nitrogens with one attached hydrogen (secondary N) is 2. The van der Waals surface area contributed by atoms with E-state index in [4.69, 9.17) is 0 Å². The number of hydrogen-bond acceptors (Lipinski definition) is 3. The van der Waals surface area contributed by atoms with Crippen LogP contribution in [-0.2, 0) is 17.7 Å². The maximum absolute atomic E-state index is 10.7. The first-order chi connectivity index (χ1) is 7.18. The molecule has 1 aromatic rings. The van der Waals surface area contributed by atoms with Gasteiger partial charge in [0.2, 0.25) is 0 Å². The number of anilines is 2. The summed E-state index contributed by atoms with van der Waals surface area (Å²) in [4.78, 5) is 0. The quantitative estimate of drug-likeness (QED) is 0.751. The van der Waals surface area contributed by atoms with E-state index in [2.05, 4.69) is 10.0 Å². The monoisotopic (exact) mass is 225 g/mol. The minimum atomic E-state index is -2.25. The van der Waals surface area contributed by atoms with Gasteiger partial charge >= 0.3 is 0 Å². The van der Waals surface area contributed by atoms with Crippen molar-refractivity contribution >= 4 is 22.6 Å². The molecule has 0 saturated heterocycles. The summed E-state index contributed by atoms with van der Waals surface area (Å²) in [6.45, 7) is 2.86. The Hall–Kier alpha value is -1.07. The molecule has 5 heteroatoms. The van der Waals surface area contributed by atoms with E-state index in [1.165, 1.54) is 0 Å². The zero-order chi connectivity index (χ0) is 10.8. The molecule has 1 aliphatic rings. The van der Waals surface area contributed by atoms with Crippen LogP contribution in [-0.4, -0.2) is 15.3 Å². The van der Waals surface area contributed by atoms with Crippen LogP contribution >= 0.6 is 0 Å². The van der Waals surface area contributed by atoms with Crippen molar-refractivity contribution in [3.8, 4) is 0 Å². The van der Waals surface area contributed by atoms with Crippen LogP contribution in [0.15, 0.2) is 12.1 Å². The van der Waals surface area contributed by atoms with Crippen LogP contribution in [0.2, 0.25) is 0 Å². The lowest BCUT2D eigenvalue weighted by atomic mass is 9.99. The molecule has 2 rings (SSSR count). The predicted octanol–water partition coefficient (Wildman–Crippen LogP) is 1.56. The lowest BCUT2D eigenvalue weighted by Gasteiger charge is -2.23. The Morgan fingerprint density at radius 2 is 2.33 bits per heavy atom. The van der Waals surface area contributed by atoms with Crippen molar-refractivity contribution in [2.75, 3.05) is 16.6 Å². The van der Waals surface area contributed by atoms with Gasteiger partial charge in [-0.25, -0.2) is 0 Å². The van der Waals surface area contributed by atoms with Gasteiger partial charge in [-0.2, -0.15) is 0 Å². The average molecular weight is 225 g/mol. The van der Waals surface area contributed by atoms with Crippen molar-refractivity contribution in [3.63, 3.8) is 0 Å². The highest BCUT2D eigenvalue weighted by molar-refractivity contribution is 7.80. The summed E-state index contributed by atoms with van der Waals surface area (Å²) in [6, 6.07) is 3.93. The van der Waals surface area contributed by atoms with Gasteiger partial charge < -0.3 is 14.6 Å². The SMILES string of the molecule is Cc1ccc2c(c1NS(=O)[O-])CCCN2. The predicted molar refractivity (Wildman–Crippen MR) is 60.5 cm³/mol. The topological polar surface area (TPSA) is 64.2 Å². The molecule has 1 heterocycles. The van der Waals surface area contributed by atoms with E-state index in [0.29, 0.717) is 0 Å². The van der Waals surface area contributed by atoms with Crippen molar-refractivity contribution in [1.29, 1.82) is 0 Å². The Kier molecular flexibility index (Phi) is 2.93. The van der Waals surface area contributed by atoms with Crippen LogP contribution in [0.4, 0.5) is 11.4 Å². The van der Waals surface area contributed by atoms with Crippen molar-refractivity contribution in [1.82, 2.24) is 0 Å². The van der Waals surface area contributed by atoms with Crippen LogP contribution in [0.5, 0.6) is 0 Å². The van der Waals surface area contributed by atoms with Crippen LogP contribution in [0.3, 0.4) is 0 Å². The number of hydrogen-bond donors (Lipinski definition) is 2. The van der Waals surface area contributed by atoms with Gasteiger partial charge in [0.05, 0.1) is 5.69 Å². The molecule has 0 fully saturated rings. The van der Waals surface area contributed by atoms with E-state index in [1.807, 2.05) is 19.1 Å². The maximum atomic E-state index is 10.7. The molecule has 1 aromatic carbocycles. The van der Waals surface area contributed by atoms with E-state index >= 15 is 0 Å². The summed E-state index contributed by atoms with van der Waals surface area (Å²) < 4.78 is 23.8. The highest BCUT2D eigenvalue weighted by Crippen LogP contribution is 2.31. The third-order valence-corrected chi connectivity index (χ3v) is 3.00. The zero-order valence-corrected chi connectivity index (χ0v) is 9.32. The fourth-order valence-electron chi connectivity index (χ4n) is 1.90. The molecular weight excluding hydrogens is 212 g/mol. The van der Waals surface area contributed by atoms with Crippen LogP contribution in [0, 0.1) is 6.92 Å². The van der Waals surface area contributed by atoms with Crippen molar-refractivity contribution in [3.05, 3.63) is 23.3 Å². The fraction of sp³-hybridized carbons (Fsp3) is 0.400. The minimum Gasteiger partial charge on any atom is -0.755 e. The Morgan fingerprint density at radius 1 is 1.53 bits per heavy atom. The lowest BCUT2D eigenvalue weighted by molar-refractivity contribution is 0.542. The summed E-state index contributed by atoms with van der Waals surface area (Å²) >= 11 is -2.25. The summed E-state index contributed by atoms with van der Waals surface area (Å²) in [5.41, 5.74) is 3.81. The number of benzene rings is 1. The molecule has 0 aliphatic carbocycles. The third kappa shape index (κ3) is 2.13. The summed E-state index contributed by atoms with van der Waals surface area (Å²) in [7, 11) is 0. The van der Waals surface area contributed by atoms with Crippen LogP contribution < -0.4 is 10.0 Å². The molecule has 1 aliphatic heterocycles. The summed E-state index contributed by atoms with van der Waals surface area (Å²) in [6.07, 6.45) is 1.96. The Labute approximate surface area is 91.5 Å². The maximum Gasteiger partial charge on any atom is 0.0534 e. The van der Waals surface area contributed by atoms with Crippen molar-refractivity contribution in [2.45, 2.75) is 19.8 Å². The number of fused-ring (bicyclic) bond motifs is 1. The molecule has 15 heavy (non-hydrogen) atoms. The van der Waals surface area contributed by atoms with Gasteiger partial charge in [0.25, 0.3) is 0 Å². The van der Waals surface area contributed by atoms with Gasteiger partial charge in [0.15, 0.2) is 0 Å². The molecule has 0 amide bonds. The number of rotatable bonds is 2. The van der Waals surface area contributed by atoms with Crippen LogP contribution in [0.25, 0.3) is 0 Å². The molecule has 2 N–H and O–H groups in total. The summed E-state index contributed by atoms with van der Waals surface area (Å²) in [5, 5.41) is 3.26. The summed E-state index contributed by atoms with van der Waals surface area (Å²) in [5.74, 6) is 0. The Morgan fingerprint density at radius 3 is 3.07 bits per heavy atom. The highest BCUT2D eigenvalue weighted by atomic mass is 32.2. The second-order valence-corrected chi connectivity index (χ2v) is 4.32. The fourth-order valence-corrected chi connectivity index (χ4v) is 2.35. The van der Waals surface area contributed by atoms with Gasteiger partial charge in [-0.3, -0.25) is 4.21 Å². The molecule has 1 atom stereocenters. The van der Waals surface area contributed by atoms with E-state index in [9.17, 15) is 8.76 Å². The Bertz CT molecular complexity index is 407. The average Bonchev–Trinajstić information content (AvgIpc) is 2.22. The van der Waals surface area contributed by atoms with E-state index in [1.54, 1.807) is 0 Å². The zero-order valence-electron chi connectivity index (χ0n) is 8.50. The Balaban J connectivity index is 2.45. The molecule has 0 saturated carbocycles. The van der Waals surface area contributed by atoms with Crippen molar-refractivity contribution < 1.29 is 8.76 Å². The third-order valence-electron chi connectivity index (χ3n) is 2.63. The second kappa shape index (κ2) is 4.20.